The minimum Gasteiger partial charge on any atom is -0.211 e. The van der Waals surface area contributed by atoms with Crippen LogP contribution >= 0.6 is 0 Å². The van der Waals surface area contributed by atoms with Gasteiger partial charge in [0.2, 0.25) is 6.08 Å². The Morgan fingerprint density at radius 3 is 2.50 bits per heavy atom. The summed E-state index contributed by atoms with van der Waals surface area (Å²) in [6.07, 6.45) is 1.26. The average molecular weight is 169 g/mol. The van der Waals surface area contributed by atoms with Crippen LogP contribution in [-0.4, -0.2) is 6.08 Å². The molecule has 0 N–H and O–H groups in total. The van der Waals surface area contributed by atoms with Crippen LogP contribution in [0.3, 0.4) is 0 Å². The second-order valence-corrected chi connectivity index (χ2v) is 2.26. The van der Waals surface area contributed by atoms with Gasteiger partial charge in [-0.1, -0.05) is 0 Å². The first kappa shape index (κ1) is 8.56. The molecule has 2 nitrogen and oxygen atoms in total. The van der Waals surface area contributed by atoms with Crippen molar-refractivity contribution in [2.75, 3.05) is 0 Å². The van der Waals surface area contributed by atoms with E-state index in [0.717, 1.165) is 12.1 Å². The smallest absolute Gasteiger partial charge is 0.211 e. The number of isocyanates is 1. The fourth-order valence-electron chi connectivity index (χ4n) is 0.805. The lowest BCUT2D eigenvalue weighted by Crippen LogP contribution is -1.85. The van der Waals surface area contributed by atoms with Crippen molar-refractivity contribution in [2.24, 2.45) is 4.99 Å². The minimum atomic E-state index is -1.02. The second-order valence-electron chi connectivity index (χ2n) is 2.26. The van der Waals surface area contributed by atoms with Crippen LogP contribution in [0.1, 0.15) is 5.56 Å². The third-order valence-electron chi connectivity index (χ3n) is 1.40. The topological polar surface area (TPSA) is 29.4 Å². The molecule has 0 fully saturated rings. The fraction of sp³-hybridized carbons (Fsp3) is 0.125. The van der Waals surface area contributed by atoms with Crippen molar-refractivity contribution in [2.45, 2.75) is 6.92 Å². The molecular formula is C8H5F2NO. The van der Waals surface area contributed by atoms with E-state index >= 15 is 0 Å². The van der Waals surface area contributed by atoms with Gasteiger partial charge in [0, 0.05) is 6.07 Å². The van der Waals surface area contributed by atoms with Gasteiger partial charge in [0.15, 0.2) is 11.6 Å². The van der Waals surface area contributed by atoms with E-state index in [4.69, 9.17) is 0 Å². The Labute approximate surface area is 67.5 Å². The molecule has 0 unspecified atom stereocenters. The van der Waals surface area contributed by atoms with Gasteiger partial charge < -0.3 is 0 Å². The number of hydrogen-bond acceptors (Lipinski definition) is 2. The molecule has 1 rings (SSSR count). The van der Waals surface area contributed by atoms with Crippen LogP contribution in [0.2, 0.25) is 0 Å². The summed E-state index contributed by atoms with van der Waals surface area (Å²) in [5, 5.41) is 0. The van der Waals surface area contributed by atoms with Gasteiger partial charge in [-0.05, 0) is 18.6 Å². The number of halogens is 2. The molecule has 4 heteroatoms. The van der Waals surface area contributed by atoms with Crippen LogP contribution in [0.4, 0.5) is 14.5 Å². The lowest BCUT2D eigenvalue weighted by Gasteiger charge is -1.98. The zero-order valence-electron chi connectivity index (χ0n) is 6.27. The Hall–Kier alpha value is -1.54. The summed E-state index contributed by atoms with van der Waals surface area (Å²) in [5.41, 5.74) is 0.501. The van der Waals surface area contributed by atoms with Crippen LogP contribution in [0, 0.1) is 18.6 Å². The van der Waals surface area contributed by atoms with Crippen LogP contribution in [0.15, 0.2) is 17.1 Å². The molecule has 0 aliphatic rings. The van der Waals surface area contributed by atoms with Gasteiger partial charge in [-0.15, -0.1) is 0 Å². The van der Waals surface area contributed by atoms with E-state index in [1.807, 2.05) is 0 Å². The van der Waals surface area contributed by atoms with Crippen molar-refractivity contribution < 1.29 is 13.6 Å². The standard InChI is InChI=1S/C8H5F2NO/c1-5-2-6(9)7(10)3-8(5)11-4-12/h2-3H,1H3. The summed E-state index contributed by atoms with van der Waals surface area (Å²) in [6.45, 7) is 1.53. The second kappa shape index (κ2) is 3.24. The molecule has 1 aromatic rings. The predicted octanol–water partition coefficient (Wildman–Crippen LogP) is 2.24. The van der Waals surface area contributed by atoms with E-state index < -0.39 is 11.6 Å². The summed E-state index contributed by atoms with van der Waals surface area (Å²) in [6, 6.07) is 1.83. The van der Waals surface area contributed by atoms with E-state index in [1.54, 1.807) is 0 Å². The van der Waals surface area contributed by atoms with E-state index in [-0.39, 0.29) is 5.69 Å². The van der Waals surface area contributed by atoms with Crippen LogP contribution in [0.25, 0.3) is 0 Å². The largest absolute Gasteiger partial charge is 0.240 e. The molecule has 0 heterocycles. The number of carbonyl (C=O) groups excluding carboxylic acids is 1. The van der Waals surface area contributed by atoms with Crippen molar-refractivity contribution in [3.8, 4) is 0 Å². The Kier molecular flexibility index (Phi) is 2.31. The van der Waals surface area contributed by atoms with Gasteiger partial charge in [-0.2, -0.15) is 4.99 Å². The molecule has 0 aromatic heterocycles. The Morgan fingerprint density at radius 1 is 1.33 bits per heavy atom. The van der Waals surface area contributed by atoms with E-state index in [2.05, 4.69) is 4.99 Å². The Morgan fingerprint density at radius 2 is 1.92 bits per heavy atom. The Balaban J connectivity index is 3.32. The monoisotopic (exact) mass is 169 g/mol. The van der Waals surface area contributed by atoms with Gasteiger partial charge in [0.1, 0.15) is 0 Å². The number of aryl methyl sites for hydroxylation is 1. The van der Waals surface area contributed by atoms with Gasteiger partial charge >= 0.3 is 0 Å². The van der Waals surface area contributed by atoms with Gasteiger partial charge in [-0.3, -0.25) is 0 Å². The maximum atomic E-state index is 12.5. The predicted molar refractivity (Wildman–Crippen MR) is 38.9 cm³/mol. The number of benzene rings is 1. The number of nitrogens with zero attached hydrogens (tertiary/aromatic N) is 1. The average Bonchev–Trinajstić information content (AvgIpc) is 2.01. The molecule has 12 heavy (non-hydrogen) atoms. The van der Waals surface area contributed by atoms with E-state index in [9.17, 15) is 13.6 Å². The van der Waals surface area contributed by atoms with Crippen molar-refractivity contribution >= 4 is 11.8 Å². The maximum Gasteiger partial charge on any atom is 0.240 e. The summed E-state index contributed by atoms with van der Waals surface area (Å²) in [4.78, 5) is 13.0. The van der Waals surface area contributed by atoms with Crippen molar-refractivity contribution in [3.05, 3.63) is 29.3 Å². The number of hydrogen-bond donors (Lipinski definition) is 0. The van der Waals surface area contributed by atoms with Crippen molar-refractivity contribution in [1.82, 2.24) is 0 Å². The minimum absolute atomic E-state index is 0.101. The lowest BCUT2D eigenvalue weighted by molar-refractivity contribution is 0.508. The summed E-state index contributed by atoms with van der Waals surface area (Å²) >= 11 is 0. The Bertz CT molecular complexity index is 356. The number of rotatable bonds is 1. The SMILES string of the molecule is Cc1cc(F)c(F)cc1N=C=O. The zero-order chi connectivity index (χ0) is 9.14. The normalized spacial score (nSPS) is 9.25. The first-order valence-corrected chi connectivity index (χ1v) is 3.18. The highest BCUT2D eigenvalue weighted by atomic mass is 19.2. The van der Waals surface area contributed by atoms with Crippen molar-refractivity contribution in [1.29, 1.82) is 0 Å². The van der Waals surface area contributed by atoms with Crippen LogP contribution < -0.4 is 0 Å². The molecule has 0 bridgehead atoms. The molecule has 1 aromatic carbocycles. The van der Waals surface area contributed by atoms with Crippen molar-refractivity contribution in [3.63, 3.8) is 0 Å². The first-order valence-electron chi connectivity index (χ1n) is 3.18. The van der Waals surface area contributed by atoms with E-state index in [0.29, 0.717) is 5.56 Å². The molecule has 0 aliphatic heterocycles. The van der Waals surface area contributed by atoms with E-state index in [1.165, 1.54) is 13.0 Å². The first-order chi connectivity index (χ1) is 5.65. The number of aliphatic imine (C=N–C) groups is 1. The van der Waals surface area contributed by atoms with Gasteiger partial charge in [-0.25, -0.2) is 13.6 Å². The molecule has 0 spiro atoms. The molecule has 0 radical (unpaired) electrons. The molecule has 0 aliphatic carbocycles. The van der Waals surface area contributed by atoms with Gasteiger partial charge in [0.25, 0.3) is 0 Å². The third kappa shape index (κ3) is 1.54. The molecular weight excluding hydrogens is 164 g/mol. The molecule has 0 saturated heterocycles. The molecule has 62 valence electrons. The third-order valence-corrected chi connectivity index (χ3v) is 1.40. The van der Waals surface area contributed by atoms with Crippen LogP contribution in [0.5, 0.6) is 0 Å². The zero-order valence-corrected chi connectivity index (χ0v) is 6.27. The highest BCUT2D eigenvalue weighted by Crippen LogP contribution is 2.20. The quantitative estimate of drug-likeness (QED) is 0.468. The van der Waals surface area contributed by atoms with Crippen LogP contribution in [-0.2, 0) is 4.79 Å². The fourth-order valence-corrected chi connectivity index (χ4v) is 0.805. The van der Waals surface area contributed by atoms with Gasteiger partial charge in [0.05, 0.1) is 5.69 Å². The summed E-state index contributed by atoms with van der Waals surface area (Å²) in [7, 11) is 0. The maximum absolute atomic E-state index is 12.5. The molecule has 0 atom stereocenters. The lowest BCUT2D eigenvalue weighted by atomic mass is 10.2. The molecule has 0 amide bonds. The summed E-state index contributed by atoms with van der Waals surface area (Å²) in [5.74, 6) is -1.97. The highest BCUT2D eigenvalue weighted by Gasteiger charge is 2.05. The molecule has 0 saturated carbocycles. The highest BCUT2D eigenvalue weighted by molar-refractivity contribution is 5.53. The summed E-state index contributed by atoms with van der Waals surface area (Å²) < 4.78 is 25.0.